The minimum absolute atomic E-state index is 0.161. The molecule has 7 nitrogen and oxygen atoms in total. The summed E-state index contributed by atoms with van der Waals surface area (Å²) >= 11 is 6.19. The highest BCUT2D eigenvalue weighted by Crippen LogP contribution is 2.23. The van der Waals surface area contributed by atoms with E-state index in [1.54, 1.807) is 41.1 Å². The molecule has 0 saturated heterocycles. The van der Waals surface area contributed by atoms with Gasteiger partial charge in [-0.3, -0.25) is 4.79 Å². The summed E-state index contributed by atoms with van der Waals surface area (Å²) in [5.74, 6) is -0.300. The van der Waals surface area contributed by atoms with Gasteiger partial charge < -0.3 is 5.32 Å². The number of hydrogen-bond donors (Lipinski definition) is 1. The van der Waals surface area contributed by atoms with Crippen molar-refractivity contribution >= 4 is 33.2 Å². The maximum absolute atomic E-state index is 12.5. The van der Waals surface area contributed by atoms with Crippen molar-refractivity contribution in [3.05, 3.63) is 70.5 Å². The summed E-state index contributed by atoms with van der Waals surface area (Å²) in [6.45, 7) is 3.71. The minimum Gasteiger partial charge on any atom is -0.322 e. The molecule has 152 valence electrons. The van der Waals surface area contributed by atoms with Crippen molar-refractivity contribution in [3.8, 4) is 5.69 Å². The summed E-state index contributed by atoms with van der Waals surface area (Å²) < 4.78 is 27.1. The van der Waals surface area contributed by atoms with Gasteiger partial charge in [-0.25, -0.2) is 17.4 Å². The summed E-state index contributed by atoms with van der Waals surface area (Å²) in [7, 11) is -0.573. The van der Waals surface area contributed by atoms with Crippen molar-refractivity contribution in [2.24, 2.45) is 0 Å². The van der Waals surface area contributed by atoms with Gasteiger partial charge in [0.1, 0.15) is 0 Å². The first kappa shape index (κ1) is 21.0. The Morgan fingerprint density at radius 2 is 1.62 bits per heavy atom. The molecule has 1 N–H and O–H groups in total. The lowest BCUT2D eigenvalue weighted by molar-refractivity contribution is 0.102. The third kappa shape index (κ3) is 4.19. The Balaban J connectivity index is 1.75. The van der Waals surface area contributed by atoms with Crippen LogP contribution in [0.1, 0.15) is 21.7 Å². The van der Waals surface area contributed by atoms with E-state index in [2.05, 4.69) is 10.4 Å². The SMILES string of the molecule is Cc1nn(-c2ccc(C(=O)Nc3ccc(S(=O)(=O)N(C)C)cc3)cc2)c(C)c1Cl. The molecule has 0 atom stereocenters. The molecule has 0 aliphatic carbocycles. The van der Waals surface area contributed by atoms with Crippen LogP contribution < -0.4 is 5.32 Å². The van der Waals surface area contributed by atoms with Gasteiger partial charge in [-0.05, 0) is 62.4 Å². The van der Waals surface area contributed by atoms with Crippen molar-refractivity contribution in [2.75, 3.05) is 19.4 Å². The first-order valence-electron chi connectivity index (χ1n) is 8.77. The zero-order valence-electron chi connectivity index (χ0n) is 16.5. The maximum atomic E-state index is 12.5. The van der Waals surface area contributed by atoms with Crippen LogP contribution in [0.3, 0.4) is 0 Å². The molecule has 1 aromatic heterocycles. The van der Waals surface area contributed by atoms with Crippen LogP contribution in [0.2, 0.25) is 5.02 Å². The normalized spacial score (nSPS) is 11.7. The molecule has 2 aromatic carbocycles. The monoisotopic (exact) mass is 432 g/mol. The van der Waals surface area contributed by atoms with E-state index in [9.17, 15) is 13.2 Å². The van der Waals surface area contributed by atoms with Gasteiger partial charge in [0.25, 0.3) is 5.91 Å². The molecule has 0 radical (unpaired) electrons. The van der Waals surface area contributed by atoms with Crippen molar-refractivity contribution < 1.29 is 13.2 Å². The Kier molecular flexibility index (Phi) is 5.79. The second-order valence-electron chi connectivity index (χ2n) is 6.71. The molecule has 0 bridgehead atoms. The van der Waals surface area contributed by atoms with Gasteiger partial charge in [0.15, 0.2) is 0 Å². The molecule has 3 rings (SSSR count). The number of anilines is 1. The zero-order chi connectivity index (χ0) is 21.3. The predicted octanol–water partition coefficient (Wildman–Crippen LogP) is 3.65. The van der Waals surface area contributed by atoms with Crippen molar-refractivity contribution in [2.45, 2.75) is 18.7 Å². The van der Waals surface area contributed by atoms with E-state index in [-0.39, 0.29) is 10.8 Å². The fourth-order valence-corrected chi connectivity index (χ4v) is 3.77. The smallest absolute Gasteiger partial charge is 0.255 e. The third-order valence-corrected chi connectivity index (χ3v) is 6.84. The van der Waals surface area contributed by atoms with Crippen LogP contribution in [-0.2, 0) is 10.0 Å². The van der Waals surface area contributed by atoms with E-state index in [1.807, 2.05) is 13.8 Å². The fourth-order valence-electron chi connectivity index (χ4n) is 2.75. The Labute approximate surface area is 175 Å². The molecule has 0 aliphatic heterocycles. The average Bonchev–Trinajstić information content (AvgIpc) is 2.95. The number of carbonyl (C=O) groups is 1. The molecule has 0 aliphatic rings. The van der Waals surface area contributed by atoms with Crippen LogP contribution >= 0.6 is 11.6 Å². The number of halogens is 1. The number of nitrogens with zero attached hydrogens (tertiary/aromatic N) is 3. The first-order valence-corrected chi connectivity index (χ1v) is 10.6. The quantitative estimate of drug-likeness (QED) is 0.667. The van der Waals surface area contributed by atoms with Gasteiger partial charge in [-0.15, -0.1) is 0 Å². The summed E-state index contributed by atoms with van der Waals surface area (Å²) in [6.07, 6.45) is 0. The Hall–Kier alpha value is -2.68. The lowest BCUT2D eigenvalue weighted by atomic mass is 10.2. The van der Waals surface area contributed by atoms with Gasteiger partial charge in [0.2, 0.25) is 10.0 Å². The van der Waals surface area contributed by atoms with Crippen LogP contribution in [0, 0.1) is 13.8 Å². The van der Waals surface area contributed by atoms with Crippen molar-refractivity contribution in [1.29, 1.82) is 0 Å². The fraction of sp³-hybridized carbons (Fsp3) is 0.200. The molecular weight excluding hydrogens is 412 g/mol. The van der Waals surface area contributed by atoms with E-state index < -0.39 is 10.0 Å². The van der Waals surface area contributed by atoms with Gasteiger partial charge >= 0.3 is 0 Å². The third-order valence-electron chi connectivity index (χ3n) is 4.47. The zero-order valence-corrected chi connectivity index (χ0v) is 18.0. The van der Waals surface area contributed by atoms with E-state index in [1.165, 1.54) is 26.2 Å². The molecule has 3 aromatic rings. The Morgan fingerprint density at radius 1 is 1.03 bits per heavy atom. The number of aromatic nitrogens is 2. The molecule has 0 saturated carbocycles. The first-order chi connectivity index (χ1) is 13.6. The standard InChI is InChI=1S/C20H21ClN4O3S/c1-13-19(21)14(2)25(23-13)17-9-5-15(6-10-17)20(26)22-16-7-11-18(12-8-16)29(27,28)24(3)4/h5-12H,1-4H3,(H,22,26). The molecular formula is C20H21ClN4O3S. The van der Waals surface area contributed by atoms with Gasteiger partial charge in [0.05, 0.1) is 27.0 Å². The van der Waals surface area contributed by atoms with E-state index >= 15 is 0 Å². The Morgan fingerprint density at radius 3 is 2.10 bits per heavy atom. The molecule has 1 heterocycles. The summed E-state index contributed by atoms with van der Waals surface area (Å²) in [4.78, 5) is 12.7. The highest BCUT2D eigenvalue weighted by atomic mass is 35.5. The predicted molar refractivity (Wildman–Crippen MR) is 113 cm³/mol. The highest BCUT2D eigenvalue weighted by molar-refractivity contribution is 7.89. The van der Waals surface area contributed by atoms with Crippen molar-refractivity contribution in [3.63, 3.8) is 0 Å². The molecule has 0 spiro atoms. The summed E-state index contributed by atoms with van der Waals surface area (Å²) in [5, 5.41) is 7.77. The van der Waals surface area contributed by atoms with Crippen LogP contribution in [0.4, 0.5) is 5.69 Å². The number of sulfonamides is 1. The number of rotatable bonds is 5. The topological polar surface area (TPSA) is 84.3 Å². The van der Waals surface area contributed by atoms with Crippen molar-refractivity contribution in [1.82, 2.24) is 14.1 Å². The van der Waals surface area contributed by atoms with Gasteiger partial charge in [-0.2, -0.15) is 5.10 Å². The number of benzene rings is 2. The second-order valence-corrected chi connectivity index (χ2v) is 9.24. The lowest BCUT2D eigenvalue weighted by Gasteiger charge is -2.12. The molecule has 0 fully saturated rings. The summed E-state index contributed by atoms with van der Waals surface area (Å²) in [6, 6.07) is 13.0. The summed E-state index contributed by atoms with van der Waals surface area (Å²) in [5.41, 5.74) is 3.33. The molecule has 1 amide bonds. The number of carbonyl (C=O) groups excluding carboxylic acids is 1. The van der Waals surface area contributed by atoms with Crippen LogP contribution in [-0.4, -0.2) is 42.5 Å². The highest BCUT2D eigenvalue weighted by Gasteiger charge is 2.17. The molecule has 9 heteroatoms. The molecule has 29 heavy (non-hydrogen) atoms. The molecule has 0 unspecified atom stereocenters. The minimum atomic E-state index is -3.51. The van der Waals surface area contributed by atoms with E-state index in [0.29, 0.717) is 16.3 Å². The van der Waals surface area contributed by atoms with E-state index in [4.69, 9.17) is 11.6 Å². The second kappa shape index (κ2) is 7.98. The largest absolute Gasteiger partial charge is 0.322 e. The number of amides is 1. The maximum Gasteiger partial charge on any atom is 0.255 e. The van der Waals surface area contributed by atoms with Gasteiger partial charge in [-0.1, -0.05) is 11.6 Å². The number of hydrogen-bond acceptors (Lipinski definition) is 4. The van der Waals surface area contributed by atoms with Crippen LogP contribution in [0.15, 0.2) is 53.4 Å². The van der Waals surface area contributed by atoms with Crippen LogP contribution in [0.5, 0.6) is 0 Å². The van der Waals surface area contributed by atoms with Crippen LogP contribution in [0.25, 0.3) is 5.69 Å². The number of nitrogens with one attached hydrogen (secondary N) is 1. The number of aryl methyl sites for hydroxylation is 1. The lowest BCUT2D eigenvalue weighted by Crippen LogP contribution is -2.22. The Bertz CT molecular complexity index is 1150. The van der Waals surface area contributed by atoms with Gasteiger partial charge in [0, 0.05) is 25.3 Å². The average molecular weight is 433 g/mol. The van der Waals surface area contributed by atoms with E-state index in [0.717, 1.165) is 21.4 Å².